The van der Waals surface area contributed by atoms with E-state index in [2.05, 4.69) is 51.8 Å². The normalized spacial score (nSPS) is 12.3. The first-order valence-corrected chi connectivity index (χ1v) is 20.4. The Morgan fingerprint density at radius 2 is 0.667 bits per heavy atom. The lowest BCUT2D eigenvalue weighted by Crippen LogP contribution is -2.30. The van der Waals surface area contributed by atoms with Crippen LogP contribution in [0.25, 0.3) is 0 Å². The minimum atomic E-state index is 0.355. The number of rotatable bonds is 38. The van der Waals surface area contributed by atoms with Crippen molar-refractivity contribution < 1.29 is 9.47 Å². The SMILES string of the molecule is CCCCCCCCCCCCCCOCC(CCCCCCCCOCCCCCCC)(CCCN(C)C)CCCN(C)C. The van der Waals surface area contributed by atoms with Crippen LogP contribution in [0.4, 0.5) is 0 Å². The van der Waals surface area contributed by atoms with E-state index in [-0.39, 0.29) is 0 Å². The largest absolute Gasteiger partial charge is 0.381 e. The maximum atomic E-state index is 6.53. The van der Waals surface area contributed by atoms with Gasteiger partial charge in [-0.2, -0.15) is 0 Å². The highest BCUT2D eigenvalue weighted by molar-refractivity contribution is 4.81. The lowest BCUT2D eigenvalue weighted by molar-refractivity contribution is 0.0189. The smallest absolute Gasteiger partial charge is 0.0522 e. The molecule has 0 heterocycles. The van der Waals surface area contributed by atoms with Crippen LogP contribution in [0.5, 0.6) is 0 Å². The Labute approximate surface area is 285 Å². The van der Waals surface area contributed by atoms with Crippen LogP contribution < -0.4 is 0 Å². The molecule has 0 unspecified atom stereocenters. The summed E-state index contributed by atoms with van der Waals surface area (Å²) in [5.41, 5.74) is 0.355. The van der Waals surface area contributed by atoms with Crippen LogP contribution in [0.15, 0.2) is 0 Å². The van der Waals surface area contributed by atoms with Crippen molar-refractivity contribution in [2.24, 2.45) is 5.41 Å². The van der Waals surface area contributed by atoms with Crippen molar-refractivity contribution >= 4 is 0 Å². The van der Waals surface area contributed by atoms with Gasteiger partial charge in [-0.25, -0.2) is 0 Å². The number of nitrogens with zero attached hydrogens (tertiary/aromatic N) is 2. The van der Waals surface area contributed by atoms with Gasteiger partial charge in [-0.1, -0.05) is 142 Å². The van der Waals surface area contributed by atoms with Crippen LogP contribution in [0.3, 0.4) is 0 Å². The van der Waals surface area contributed by atoms with E-state index in [1.807, 2.05) is 0 Å². The summed E-state index contributed by atoms with van der Waals surface area (Å²) < 4.78 is 12.4. The molecule has 0 aromatic carbocycles. The van der Waals surface area contributed by atoms with Crippen molar-refractivity contribution in [3.8, 4) is 0 Å². The van der Waals surface area contributed by atoms with E-state index < -0.39 is 0 Å². The van der Waals surface area contributed by atoms with Gasteiger partial charge in [0.15, 0.2) is 0 Å². The fourth-order valence-corrected chi connectivity index (χ4v) is 6.79. The summed E-state index contributed by atoms with van der Waals surface area (Å²) in [7, 11) is 8.87. The van der Waals surface area contributed by atoms with Gasteiger partial charge in [0.2, 0.25) is 0 Å². The Kier molecular flexibility index (Phi) is 35.0. The van der Waals surface area contributed by atoms with Crippen molar-refractivity contribution in [3.05, 3.63) is 0 Å². The Morgan fingerprint density at radius 3 is 1.04 bits per heavy atom. The maximum Gasteiger partial charge on any atom is 0.0522 e. The highest BCUT2D eigenvalue weighted by atomic mass is 16.5. The monoisotopic (exact) mass is 639 g/mol. The quantitative estimate of drug-likeness (QED) is 0.0628. The molecule has 0 aliphatic carbocycles. The van der Waals surface area contributed by atoms with Crippen molar-refractivity contribution in [2.45, 2.75) is 194 Å². The third kappa shape index (κ3) is 33.5. The minimum absolute atomic E-state index is 0.355. The molecular formula is C41H86N2O2. The summed E-state index contributed by atoms with van der Waals surface area (Å²) >= 11 is 0. The second kappa shape index (κ2) is 35.2. The molecule has 0 amide bonds. The van der Waals surface area contributed by atoms with E-state index in [4.69, 9.17) is 9.47 Å². The first kappa shape index (κ1) is 44.8. The van der Waals surface area contributed by atoms with Crippen LogP contribution in [0.2, 0.25) is 0 Å². The van der Waals surface area contributed by atoms with E-state index in [9.17, 15) is 0 Å². The first-order valence-electron chi connectivity index (χ1n) is 20.4. The molecule has 0 saturated carbocycles. The number of ether oxygens (including phenoxy) is 2. The van der Waals surface area contributed by atoms with Gasteiger partial charge in [-0.15, -0.1) is 0 Å². The standard InChI is InChI=1S/C41H86N2O2/c1-7-9-11-13-14-15-16-17-18-20-25-29-39-45-40-41(33-30-35-42(3)4,34-31-36-43(5)6)32-26-22-19-21-24-28-38-44-37-27-23-12-10-8-2/h7-40H2,1-6H3. The van der Waals surface area contributed by atoms with Crippen LogP contribution in [-0.2, 0) is 9.47 Å². The molecule has 0 bridgehead atoms. The van der Waals surface area contributed by atoms with E-state index >= 15 is 0 Å². The van der Waals surface area contributed by atoms with Crippen molar-refractivity contribution in [1.29, 1.82) is 0 Å². The van der Waals surface area contributed by atoms with Crippen molar-refractivity contribution in [1.82, 2.24) is 9.80 Å². The highest BCUT2D eigenvalue weighted by Gasteiger charge is 2.29. The lowest BCUT2D eigenvalue weighted by atomic mass is 9.75. The third-order valence-corrected chi connectivity index (χ3v) is 9.81. The Balaban J connectivity index is 4.36. The molecule has 272 valence electrons. The van der Waals surface area contributed by atoms with Gasteiger partial charge in [0.05, 0.1) is 6.61 Å². The third-order valence-electron chi connectivity index (χ3n) is 9.81. The second-order valence-electron chi connectivity index (χ2n) is 15.2. The predicted octanol–water partition coefficient (Wildman–Crippen LogP) is 12.1. The zero-order valence-electron chi connectivity index (χ0n) is 32.3. The molecule has 0 N–H and O–H groups in total. The molecule has 0 atom stereocenters. The molecule has 0 aliphatic rings. The summed E-state index contributed by atoms with van der Waals surface area (Å²) in [6.07, 6.45) is 38.1. The summed E-state index contributed by atoms with van der Waals surface area (Å²) in [6.45, 7) is 10.8. The molecule has 45 heavy (non-hydrogen) atoms. The van der Waals surface area contributed by atoms with Crippen molar-refractivity contribution in [3.63, 3.8) is 0 Å². The molecular weight excluding hydrogens is 552 g/mol. The Morgan fingerprint density at radius 1 is 0.356 bits per heavy atom. The number of hydrogen-bond acceptors (Lipinski definition) is 4. The van der Waals surface area contributed by atoms with Gasteiger partial charge >= 0.3 is 0 Å². The topological polar surface area (TPSA) is 24.9 Å². The zero-order valence-corrected chi connectivity index (χ0v) is 32.3. The molecule has 0 spiro atoms. The van der Waals surface area contributed by atoms with Gasteiger partial charge in [-0.05, 0) is 98.1 Å². The molecule has 4 heteroatoms. The minimum Gasteiger partial charge on any atom is -0.381 e. The molecule has 0 fully saturated rings. The molecule has 0 rings (SSSR count). The van der Waals surface area contributed by atoms with Gasteiger partial charge in [0.25, 0.3) is 0 Å². The molecule has 4 nitrogen and oxygen atoms in total. The van der Waals surface area contributed by atoms with Gasteiger partial charge in [0, 0.05) is 19.8 Å². The van der Waals surface area contributed by atoms with E-state index in [1.54, 1.807) is 0 Å². The number of hydrogen-bond donors (Lipinski definition) is 0. The van der Waals surface area contributed by atoms with Gasteiger partial charge in [-0.3, -0.25) is 0 Å². The fraction of sp³-hybridized carbons (Fsp3) is 1.00. The molecule has 0 aliphatic heterocycles. The van der Waals surface area contributed by atoms with Crippen LogP contribution >= 0.6 is 0 Å². The van der Waals surface area contributed by atoms with Gasteiger partial charge < -0.3 is 19.3 Å². The molecule has 0 saturated heterocycles. The van der Waals surface area contributed by atoms with Gasteiger partial charge in [0.1, 0.15) is 0 Å². The highest BCUT2D eigenvalue weighted by Crippen LogP contribution is 2.37. The second-order valence-corrected chi connectivity index (χ2v) is 15.2. The van der Waals surface area contributed by atoms with Crippen LogP contribution in [0, 0.1) is 5.41 Å². The summed E-state index contributed by atoms with van der Waals surface area (Å²) in [4.78, 5) is 4.71. The fourth-order valence-electron chi connectivity index (χ4n) is 6.79. The number of unbranched alkanes of at least 4 members (excludes halogenated alkanes) is 20. The summed E-state index contributed by atoms with van der Waals surface area (Å²) in [5.74, 6) is 0. The summed E-state index contributed by atoms with van der Waals surface area (Å²) in [6, 6.07) is 0. The maximum absolute atomic E-state index is 6.53. The Hall–Kier alpha value is -0.160. The molecule has 0 aromatic rings. The van der Waals surface area contributed by atoms with Crippen LogP contribution in [-0.4, -0.2) is 77.5 Å². The zero-order chi connectivity index (χ0) is 33.1. The van der Waals surface area contributed by atoms with Crippen LogP contribution in [0.1, 0.15) is 194 Å². The van der Waals surface area contributed by atoms with Crippen molar-refractivity contribution in [2.75, 3.05) is 67.7 Å². The summed E-state index contributed by atoms with van der Waals surface area (Å²) in [5, 5.41) is 0. The van der Waals surface area contributed by atoms with E-state index in [1.165, 1.54) is 193 Å². The Bertz CT molecular complexity index is 506. The average Bonchev–Trinajstić information content (AvgIpc) is 3.01. The first-order chi connectivity index (χ1) is 22.0. The molecule has 0 aromatic heterocycles. The molecule has 0 radical (unpaired) electrons. The van der Waals surface area contributed by atoms with E-state index in [0.717, 1.165) is 26.4 Å². The average molecular weight is 639 g/mol. The lowest BCUT2D eigenvalue weighted by Gasteiger charge is -2.35. The van der Waals surface area contributed by atoms with E-state index in [0.29, 0.717) is 5.41 Å². The predicted molar refractivity (Wildman–Crippen MR) is 202 cm³/mol.